The molecule has 0 spiro atoms. The number of nitrogens with zero attached hydrogens (tertiary/aromatic N) is 3. The van der Waals surface area contributed by atoms with Gasteiger partial charge in [0, 0.05) is 19.5 Å². The van der Waals surface area contributed by atoms with Crippen LogP contribution in [0.4, 0.5) is 23.1 Å². The van der Waals surface area contributed by atoms with E-state index in [0.29, 0.717) is 13.0 Å². The molecule has 2 amide bonds. The Hall–Kier alpha value is -1.42. The number of hydrogen-bond donors (Lipinski definition) is 2. The Kier molecular flexibility index (Phi) is 5.22. The van der Waals surface area contributed by atoms with Gasteiger partial charge in [-0.25, -0.2) is 4.79 Å². The third kappa shape index (κ3) is 4.29. The average Bonchev–Trinajstić information content (AvgIpc) is 2.89. The molecular weight excluding hydrogens is 321 g/mol. The summed E-state index contributed by atoms with van der Waals surface area (Å²) in [6.45, 7) is 0.345. The van der Waals surface area contributed by atoms with Crippen LogP contribution in [0.15, 0.2) is 0 Å². The molecular formula is C12H17F3N4O2S. The number of alkyl halides is 3. The van der Waals surface area contributed by atoms with Crippen molar-refractivity contribution in [1.82, 2.24) is 15.1 Å². The number of carbonyl (C=O) groups is 1. The minimum atomic E-state index is -4.57. The average molecular weight is 338 g/mol. The Bertz CT molecular complexity index is 523. The van der Waals surface area contributed by atoms with Gasteiger partial charge < -0.3 is 10.0 Å². The van der Waals surface area contributed by atoms with Gasteiger partial charge in [-0.3, -0.25) is 5.32 Å². The first-order valence-corrected chi connectivity index (χ1v) is 7.70. The molecule has 2 N–H and O–H groups in total. The van der Waals surface area contributed by atoms with Gasteiger partial charge in [0.25, 0.3) is 0 Å². The lowest BCUT2D eigenvalue weighted by Crippen LogP contribution is -2.40. The predicted molar refractivity (Wildman–Crippen MR) is 74.5 cm³/mol. The second-order valence-electron chi connectivity index (χ2n) is 5.33. The number of carbonyl (C=O) groups excluding carboxylic acids is 1. The molecule has 0 saturated heterocycles. The molecule has 1 saturated carbocycles. The summed E-state index contributed by atoms with van der Waals surface area (Å²) in [5.74, 6) is -0.00958. The van der Waals surface area contributed by atoms with Crippen LogP contribution in [-0.2, 0) is 6.18 Å². The van der Waals surface area contributed by atoms with Crippen LogP contribution in [0.1, 0.15) is 30.7 Å². The molecule has 2 rings (SSSR count). The second-order valence-corrected chi connectivity index (χ2v) is 6.31. The molecule has 1 aromatic rings. The van der Waals surface area contributed by atoms with Crippen LogP contribution in [0.5, 0.6) is 0 Å². The van der Waals surface area contributed by atoms with E-state index in [-0.39, 0.29) is 22.4 Å². The van der Waals surface area contributed by atoms with Gasteiger partial charge in [-0.05, 0) is 12.8 Å². The number of hydrogen-bond acceptors (Lipinski definition) is 5. The monoisotopic (exact) mass is 338 g/mol. The van der Waals surface area contributed by atoms with Crippen molar-refractivity contribution in [3.8, 4) is 0 Å². The highest BCUT2D eigenvalue weighted by Gasteiger charge is 2.36. The summed E-state index contributed by atoms with van der Waals surface area (Å²) in [6.07, 6.45) is -1.50. The predicted octanol–water partition coefficient (Wildman–Crippen LogP) is 2.57. The lowest BCUT2D eigenvalue weighted by Gasteiger charge is -2.31. The molecule has 10 heteroatoms. The van der Waals surface area contributed by atoms with Gasteiger partial charge in [0.15, 0.2) is 0 Å². The van der Waals surface area contributed by atoms with Gasteiger partial charge in [0.1, 0.15) is 0 Å². The highest BCUT2D eigenvalue weighted by molar-refractivity contribution is 7.15. The second kappa shape index (κ2) is 6.78. The van der Waals surface area contributed by atoms with E-state index in [2.05, 4.69) is 15.5 Å². The van der Waals surface area contributed by atoms with E-state index in [0.717, 1.165) is 19.3 Å². The zero-order valence-electron chi connectivity index (χ0n) is 11.9. The number of aromatic nitrogens is 2. The molecule has 2 unspecified atom stereocenters. The molecule has 124 valence electrons. The highest BCUT2D eigenvalue weighted by Crippen LogP contribution is 2.33. The number of rotatable bonds is 3. The van der Waals surface area contributed by atoms with Gasteiger partial charge in [-0.15, -0.1) is 10.2 Å². The van der Waals surface area contributed by atoms with Crippen molar-refractivity contribution in [1.29, 1.82) is 0 Å². The summed E-state index contributed by atoms with van der Waals surface area (Å²) in [5, 5.41) is 17.2. The molecule has 2 atom stereocenters. The third-order valence-corrected chi connectivity index (χ3v) is 4.49. The van der Waals surface area contributed by atoms with Crippen LogP contribution >= 0.6 is 11.3 Å². The Morgan fingerprint density at radius 1 is 1.41 bits per heavy atom. The molecule has 1 aliphatic rings. The van der Waals surface area contributed by atoms with Gasteiger partial charge in [0.2, 0.25) is 10.1 Å². The Morgan fingerprint density at radius 3 is 2.68 bits per heavy atom. The standard InChI is InChI=1S/C12H17F3N4O2S/c1-19(6-7-4-2-3-5-8(7)20)11(21)16-10-18-17-9(22-10)12(13,14)15/h7-8,20H,2-6H2,1H3,(H,16,18,21). The first-order chi connectivity index (χ1) is 10.3. The number of urea groups is 1. The molecule has 0 bridgehead atoms. The molecule has 1 aliphatic carbocycles. The molecule has 0 aliphatic heterocycles. The zero-order chi connectivity index (χ0) is 16.3. The molecule has 0 aromatic carbocycles. The maximum Gasteiger partial charge on any atom is 0.445 e. The van der Waals surface area contributed by atoms with Crippen molar-refractivity contribution in [2.75, 3.05) is 18.9 Å². The van der Waals surface area contributed by atoms with E-state index < -0.39 is 23.3 Å². The van der Waals surface area contributed by atoms with Crippen LogP contribution in [0, 0.1) is 5.92 Å². The van der Waals surface area contributed by atoms with Crippen LogP contribution in [0.2, 0.25) is 0 Å². The minimum Gasteiger partial charge on any atom is -0.393 e. The highest BCUT2D eigenvalue weighted by atomic mass is 32.1. The van der Waals surface area contributed by atoms with Crippen molar-refractivity contribution in [3.63, 3.8) is 0 Å². The smallest absolute Gasteiger partial charge is 0.393 e. The van der Waals surface area contributed by atoms with Crippen molar-refractivity contribution in [3.05, 3.63) is 5.01 Å². The normalized spacial score (nSPS) is 22.4. The van der Waals surface area contributed by atoms with E-state index in [1.807, 2.05) is 0 Å². The third-order valence-electron chi connectivity index (χ3n) is 3.61. The number of anilines is 1. The van der Waals surface area contributed by atoms with Crippen LogP contribution in [0.25, 0.3) is 0 Å². The van der Waals surface area contributed by atoms with E-state index in [4.69, 9.17) is 0 Å². The van der Waals surface area contributed by atoms with Crippen LogP contribution < -0.4 is 5.32 Å². The Labute approximate surface area is 129 Å². The number of halogens is 3. The molecule has 1 heterocycles. The van der Waals surface area contributed by atoms with Crippen molar-refractivity contribution in [2.45, 2.75) is 38.0 Å². The first kappa shape index (κ1) is 16.9. The van der Waals surface area contributed by atoms with Gasteiger partial charge in [0.05, 0.1) is 6.10 Å². The van der Waals surface area contributed by atoms with Crippen molar-refractivity contribution >= 4 is 22.5 Å². The number of amides is 2. The number of nitrogens with one attached hydrogen (secondary N) is 1. The van der Waals surface area contributed by atoms with Gasteiger partial charge in [-0.2, -0.15) is 13.2 Å². The summed E-state index contributed by atoms with van der Waals surface area (Å²) in [6, 6.07) is -0.567. The molecule has 6 nitrogen and oxygen atoms in total. The Balaban J connectivity index is 1.89. The summed E-state index contributed by atoms with van der Waals surface area (Å²) < 4.78 is 37.2. The summed E-state index contributed by atoms with van der Waals surface area (Å²) >= 11 is 0.277. The largest absolute Gasteiger partial charge is 0.445 e. The summed E-state index contributed by atoms with van der Waals surface area (Å²) in [4.78, 5) is 13.3. The number of aliphatic hydroxyl groups excluding tert-OH is 1. The maximum absolute atomic E-state index is 12.4. The Morgan fingerprint density at radius 2 is 2.09 bits per heavy atom. The van der Waals surface area contributed by atoms with E-state index in [9.17, 15) is 23.1 Å². The van der Waals surface area contributed by atoms with Gasteiger partial charge >= 0.3 is 12.2 Å². The van der Waals surface area contributed by atoms with E-state index in [1.165, 1.54) is 11.9 Å². The molecule has 22 heavy (non-hydrogen) atoms. The zero-order valence-corrected chi connectivity index (χ0v) is 12.7. The number of aliphatic hydroxyl groups is 1. The fourth-order valence-corrected chi connectivity index (χ4v) is 3.01. The quantitative estimate of drug-likeness (QED) is 0.888. The molecule has 0 radical (unpaired) electrons. The topological polar surface area (TPSA) is 78.4 Å². The summed E-state index contributed by atoms with van der Waals surface area (Å²) in [5.41, 5.74) is 0. The van der Waals surface area contributed by atoms with Crippen molar-refractivity contribution in [2.24, 2.45) is 5.92 Å². The van der Waals surface area contributed by atoms with Crippen molar-refractivity contribution < 1.29 is 23.1 Å². The first-order valence-electron chi connectivity index (χ1n) is 6.88. The lowest BCUT2D eigenvalue weighted by molar-refractivity contribution is -0.138. The van der Waals surface area contributed by atoms with Gasteiger partial charge in [-0.1, -0.05) is 24.2 Å². The minimum absolute atomic E-state index is 0.00958. The van der Waals surface area contributed by atoms with E-state index in [1.54, 1.807) is 0 Å². The van der Waals surface area contributed by atoms with Crippen LogP contribution in [0.3, 0.4) is 0 Å². The lowest BCUT2D eigenvalue weighted by atomic mass is 9.86. The summed E-state index contributed by atoms with van der Waals surface area (Å²) in [7, 11) is 1.53. The fourth-order valence-electron chi connectivity index (χ4n) is 2.41. The molecule has 1 fully saturated rings. The van der Waals surface area contributed by atoms with E-state index >= 15 is 0 Å². The molecule has 1 aromatic heterocycles. The SMILES string of the molecule is CN(CC1CCCCC1O)C(=O)Nc1nnc(C(F)(F)F)s1. The fraction of sp³-hybridized carbons (Fsp3) is 0.750. The van der Waals surface area contributed by atoms with Crippen LogP contribution in [-0.4, -0.2) is 45.9 Å². The maximum atomic E-state index is 12.4.